The molecule has 0 aromatic carbocycles. The number of hydrogen-bond donors (Lipinski definition) is 1. The third-order valence-electron chi connectivity index (χ3n) is 2.92. The quantitative estimate of drug-likeness (QED) is 0.888. The summed E-state index contributed by atoms with van der Waals surface area (Å²) in [5.74, 6) is -0.653. The fraction of sp³-hybridized carbons (Fsp3) is 0.500. The van der Waals surface area contributed by atoms with Crippen LogP contribution in [0, 0.1) is 0 Å². The predicted molar refractivity (Wildman–Crippen MR) is 66.5 cm³/mol. The highest BCUT2D eigenvalue weighted by Gasteiger charge is 2.24. The highest BCUT2D eigenvalue weighted by Crippen LogP contribution is 2.20. The maximum absolute atomic E-state index is 11.5. The molecule has 0 aliphatic carbocycles. The summed E-state index contributed by atoms with van der Waals surface area (Å²) < 4.78 is 10.1. The van der Waals surface area contributed by atoms with E-state index in [-0.39, 0.29) is 11.9 Å². The number of hydrogen-bond acceptors (Lipinski definition) is 5. The van der Waals surface area contributed by atoms with Gasteiger partial charge in [-0.15, -0.1) is 0 Å². The first kappa shape index (κ1) is 13.3. The van der Waals surface area contributed by atoms with Gasteiger partial charge in [0.15, 0.2) is 5.88 Å². The van der Waals surface area contributed by atoms with E-state index in [1.807, 2.05) is 4.90 Å². The van der Waals surface area contributed by atoms with Gasteiger partial charge in [0.25, 0.3) is 0 Å². The second-order valence-electron chi connectivity index (χ2n) is 4.12. The number of ether oxygens (including phenoxy) is 1. The molecule has 0 radical (unpaired) electrons. The van der Waals surface area contributed by atoms with Crippen molar-refractivity contribution in [3.8, 4) is 0 Å². The number of furan rings is 1. The Hall–Kier alpha value is -2.18. The summed E-state index contributed by atoms with van der Waals surface area (Å²) in [5.41, 5.74) is 0. The Balaban J connectivity index is 1.92. The van der Waals surface area contributed by atoms with Crippen LogP contribution in [0.2, 0.25) is 0 Å². The van der Waals surface area contributed by atoms with Gasteiger partial charge in [-0.05, 0) is 13.0 Å². The van der Waals surface area contributed by atoms with Gasteiger partial charge in [0, 0.05) is 32.2 Å². The topological polar surface area (TPSA) is 83.2 Å². The highest BCUT2D eigenvalue weighted by atomic mass is 16.6. The summed E-state index contributed by atoms with van der Waals surface area (Å²) in [6.45, 7) is 4.37. The largest absolute Gasteiger partial charge is 0.475 e. The van der Waals surface area contributed by atoms with Crippen LogP contribution in [-0.4, -0.2) is 54.9 Å². The highest BCUT2D eigenvalue weighted by molar-refractivity contribution is 5.84. The molecule has 2 heterocycles. The Morgan fingerprint density at radius 3 is 2.53 bits per heavy atom. The molecule has 1 amide bonds. The number of amides is 1. The first-order valence-corrected chi connectivity index (χ1v) is 6.11. The second-order valence-corrected chi connectivity index (χ2v) is 4.12. The number of rotatable bonds is 3. The number of anilines is 1. The smallest absolute Gasteiger partial charge is 0.409 e. The van der Waals surface area contributed by atoms with Crippen molar-refractivity contribution >= 4 is 17.9 Å². The van der Waals surface area contributed by atoms with Crippen LogP contribution in [0.25, 0.3) is 0 Å². The maximum Gasteiger partial charge on any atom is 0.409 e. The van der Waals surface area contributed by atoms with E-state index in [0.717, 1.165) is 0 Å². The van der Waals surface area contributed by atoms with Crippen LogP contribution in [0.15, 0.2) is 16.5 Å². The van der Waals surface area contributed by atoms with Crippen molar-refractivity contribution in [1.82, 2.24) is 4.90 Å². The minimum atomic E-state index is -1.09. The zero-order valence-electron chi connectivity index (χ0n) is 10.7. The van der Waals surface area contributed by atoms with E-state index in [1.165, 1.54) is 6.07 Å². The van der Waals surface area contributed by atoms with Crippen molar-refractivity contribution in [2.24, 2.45) is 0 Å². The standard InChI is InChI=1S/C12H16N2O5/c1-2-18-12(17)14-7-5-13(6-8-14)10-4-3-9(19-10)11(15)16/h3-4H,2,5-8H2,1H3,(H,15,16). The molecular weight excluding hydrogens is 252 g/mol. The van der Waals surface area contributed by atoms with E-state index < -0.39 is 5.97 Å². The van der Waals surface area contributed by atoms with Crippen molar-refractivity contribution in [3.63, 3.8) is 0 Å². The van der Waals surface area contributed by atoms with Gasteiger partial charge in [-0.3, -0.25) is 0 Å². The molecule has 0 unspecified atom stereocenters. The van der Waals surface area contributed by atoms with E-state index in [9.17, 15) is 9.59 Å². The summed E-state index contributed by atoms with van der Waals surface area (Å²) in [7, 11) is 0. The Morgan fingerprint density at radius 1 is 1.32 bits per heavy atom. The van der Waals surface area contributed by atoms with Crippen molar-refractivity contribution in [3.05, 3.63) is 17.9 Å². The minimum absolute atomic E-state index is 0.0807. The van der Waals surface area contributed by atoms with Crippen LogP contribution in [0.4, 0.5) is 10.7 Å². The molecule has 1 aliphatic rings. The Morgan fingerprint density at radius 2 is 2.00 bits per heavy atom. The molecule has 7 nitrogen and oxygen atoms in total. The molecule has 0 spiro atoms. The fourth-order valence-corrected chi connectivity index (χ4v) is 1.94. The van der Waals surface area contributed by atoms with Gasteiger partial charge in [0.05, 0.1) is 6.61 Å². The van der Waals surface area contributed by atoms with Gasteiger partial charge in [0.1, 0.15) is 0 Å². The zero-order chi connectivity index (χ0) is 13.8. The molecule has 1 fully saturated rings. The van der Waals surface area contributed by atoms with Gasteiger partial charge in [-0.1, -0.05) is 0 Å². The molecule has 1 saturated heterocycles. The van der Waals surface area contributed by atoms with Crippen LogP contribution in [0.3, 0.4) is 0 Å². The van der Waals surface area contributed by atoms with Crippen LogP contribution in [0.1, 0.15) is 17.5 Å². The first-order valence-electron chi connectivity index (χ1n) is 6.11. The third-order valence-corrected chi connectivity index (χ3v) is 2.92. The molecule has 0 atom stereocenters. The molecule has 0 saturated carbocycles. The van der Waals surface area contributed by atoms with E-state index in [0.29, 0.717) is 38.7 Å². The van der Waals surface area contributed by atoms with Gasteiger partial charge in [-0.25, -0.2) is 9.59 Å². The van der Waals surface area contributed by atoms with Crippen LogP contribution >= 0.6 is 0 Å². The molecule has 7 heteroatoms. The number of aromatic carboxylic acids is 1. The van der Waals surface area contributed by atoms with Gasteiger partial charge in [0.2, 0.25) is 5.76 Å². The summed E-state index contributed by atoms with van der Waals surface area (Å²) in [5, 5.41) is 8.79. The Bertz CT molecular complexity index is 462. The molecule has 1 aromatic heterocycles. The van der Waals surface area contributed by atoms with E-state index in [4.69, 9.17) is 14.3 Å². The molecular formula is C12H16N2O5. The Kier molecular flexibility index (Phi) is 3.94. The van der Waals surface area contributed by atoms with Gasteiger partial charge in [-0.2, -0.15) is 0 Å². The van der Waals surface area contributed by atoms with E-state index in [1.54, 1.807) is 17.9 Å². The predicted octanol–water partition coefficient (Wildman–Crippen LogP) is 1.26. The first-order chi connectivity index (χ1) is 9.11. The lowest BCUT2D eigenvalue weighted by Crippen LogP contribution is -2.48. The number of piperazine rings is 1. The number of carboxylic acid groups (broad SMARTS) is 1. The summed E-state index contributed by atoms with van der Waals surface area (Å²) in [6, 6.07) is 3.05. The van der Waals surface area contributed by atoms with E-state index >= 15 is 0 Å². The number of nitrogens with zero attached hydrogens (tertiary/aromatic N) is 2. The van der Waals surface area contributed by atoms with Crippen LogP contribution in [-0.2, 0) is 4.74 Å². The molecule has 0 bridgehead atoms. The maximum atomic E-state index is 11.5. The van der Waals surface area contributed by atoms with E-state index in [2.05, 4.69) is 0 Å². The van der Waals surface area contributed by atoms with Gasteiger partial charge < -0.3 is 24.1 Å². The second kappa shape index (κ2) is 5.64. The van der Waals surface area contributed by atoms with Crippen molar-refractivity contribution in [2.75, 3.05) is 37.7 Å². The molecule has 1 aliphatic heterocycles. The van der Waals surface area contributed by atoms with Crippen molar-refractivity contribution in [1.29, 1.82) is 0 Å². The molecule has 104 valence electrons. The van der Waals surface area contributed by atoms with Crippen molar-refractivity contribution in [2.45, 2.75) is 6.92 Å². The lowest BCUT2D eigenvalue weighted by Gasteiger charge is -2.33. The summed E-state index contributed by atoms with van der Waals surface area (Å²) in [4.78, 5) is 25.8. The summed E-state index contributed by atoms with van der Waals surface area (Å²) in [6.07, 6.45) is -0.312. The third kappa shape index (κ3) is 2.98. The van der Waals surface area contributed by atoms with Gasteiger partial charge >= 0.3 is 12.1 Å². The number of carbonyl (C=O) groups excluding carboxylic acids is 1. The van der Waals surface area contributed by atoms with Crippen LogP contribution in [0.5, 0.6) is 0 Å². The normalized spacial score (nSPS) is 15.4. The average Bonchev–Trinajstić information content (AvgIpc) is 2.89. The number of carbonyl (C=O) groups is 2. The zero-order valence-corrected chi connectivity index (χ0v) is 10.7. The summed E-state index contributed by atoms with van der Waals surface area (Å²) >= 11 is 0. The van der Waals surface area contributed by atoms with Crippen LogP contribution < -0.4 is 4.90 Å². The lowest BCUT2D eigenvalue weighted by atomic mass is 10.3. The average molecular weight is 268 g/mol. The molecule has 2 rings (SSSR count). The number of carboxylic acids is 1. The molecule has 19 heavy (non-hydrogen) atoms. The fourth-order valence-electron chi connectivity index (χ4n) is 1.94. The minimum Gasteiger partial charge on any atom is -0.475 e. The monoisotopic (exact) mass is 268 g/mol. The Labute approximate surface area is 110 Å². The molecule has 1 N–H and O–H groups in total. The van der Waals surface area contributed by atoms with Crippen molar-refractivity contribution < 1.29 is 23.8 Å². The molecule has 1 aromatic rings. The SMILES string of the molecule is CCOC(=O)N1CCN(c2ccc(C(=O)O)o2)CC1. The lowest BCUT2D eigenvalue weighted by molar-refractivity contribution is 0.0663.